The molecule has 3 aromatic rings. The van der Waals surface area contributed by atoms with E-state index in [1.165, 1.54) is 15.9 Å². The summed E-state index contributed by atoms with van der Waals surface area (Å²) in [7, 11) is -1.53. The number of benzene rings is 3. The Morgan fingerprint density at radius 1 is 0.545 bits per heavy atom. The van der Waals surface area contributed by atoms with E-state index in [9.17, 15) is 0 Å². The molecule has 0 aromatic heterocycles. The van der Waals surface area contributed by atoms with Gasteiger partial charge in [0.05, 0.1) is 6.16 Å². The predicted molar refractivity (Wildman–Crippen MR) is 101 cm³/mol. The first-order valence-electron chi connectivity index (χ1n) is 7.43. The van der Waals surface area contributed by atoms with Crippen molar-refractivity contribution in [3.05, 3.63) is 91.0 Å². The smallest absolute Gasteiger partial charge is 0.0620 e. The Labute approximate surface area is 151 Å². The van der Waals surface area contributed by atoms with Crippen LogP contribution in [0.15, 0.2) is 91.0 Å². The minimum atomic E-state index is -1.53. The summed E-state index contributed by atoms with van der Waals surface area (Å²) >= 11 is 0. The van der Waals surface area contributed by atoms with Crippen LogP contribution < -0.4 is 15.9 Å². The van der Waals surface area contributed by atoms with Crippen molar-refractivity contribution in [3.63, 3.8) is 0 Å². The standard InChI is InChI=1S/C20H20P.Sb/c1-2-21(18-12-6-3-7-13-18,19-14-8-4-9-15-19)20-16-10-5-11-17-20;/h3-17H,2H2,1H3;/q+1;+3. The van der Waals surface area contributed by atoms with E-state index in [0.717, 1.165) is 6.16 Å². The second-order valence-corrected chi connectivity index (χ2v) is 8.93. The van der Waals surface area contributed by atoms with E-state index in [4.69, 9.17) is 0 Å². The summed E-state index contributed by atoms with van der Waals surface area (Å²) in [5.41, 5.74) is 0. The van der Waals surface area contributed by atoms with Crippen molar-refractivity contribution < 1.29 is 0 Å². The van der Waals surface area contributed by atoms with Gasteiger partial charge in [0, 0.05) is 0 Å². The molecular weight excluding hydrogens is 393 g/mol. The fourth-order valence-electron chi connectivity index (χ4n) is 3.04. The Morgan fingerprint density at radius 2 is 0.818 bits per heavy atom. The Bertz CT molecular complexity index is 584. The zero-order chi connectivity index (χ0) is 14.5. The van der Waals surface area contributed by atoms with Gasteiger partial charge in [0.15, 0.2) is 0 Å². The van der Waals surface area contributed by atoms with E-state index in [1.807, 2.05) is 0 Å². The van der Waals surface area contributed by atoms with Crippen molar-refractivity contribution >= 4 is 47.6 Å². The summed E-state index contributed by atoms with van der Waals surface area (Å²) in [6, 6.07) is 33.0. The summed E-state index contributed by atoms with van der Waals surface area (Å²) in [5.74, 6) is 0. The van der Waals surface area contributed by atoms with Crippen molar-refractivity contribution in [3.8, 4) is 0 Å². The maximum atomic E-state index is 2.32. The summed E-state index contributed by atoms with van der Waals surface area (Å²) in [4.78, 5) is 0. The second kappa shape index (κ2) is 7.96. The van der Waals surface area contributed by atoms with E-state index in [1.54, 1.807) is 0 Å². The summed E-state index contributed by atoms with van der Waals surface area (Å²) in [5, 5.41) is 4.39. The molecule has 0 fully saturated rings. The van der Waals surface area contributed by atoms with Crippen LogP contribution in [0.4, 0.5) is 0 Å². The fraction of sp³-hybridized carbons (Fsp3) is 0.100. The third-order valence-corrected chi connectivity index (χ3v) is 8.55. The third kappa shape index (κ3) is 3.15. The summed E-state index contributed by atoms with van der Waals surface area (Å²) < 4.78 is 0. The van der Waals surface area contributed by atoms with Gasteiger partial charge >= 0.3 is 24.4 Å². The first kappa shape index (κ1) is 17.3. The van der Waals surface area contributed by atoms with E-state index < -0.39 is 7.26 Å². The van der Waals surface area contributed by atoms with Crippen LogP contribution in [0.5, 0.6) is 0 Å². The van der Waals surface area contributed by atoms with Crippen LogP contribution in [0.2, 0.25) is 0 Å². The van der Waals surface area contributed by atoms with Crippen LogP contribution >= 0.6 is 7.26 Å². The zero-order valence-electron chi connectivity index (χ0n) is 12.8. The number of hydrogen-bond acceptors (Lipinski definition) is 0. The average Bonchev–Trinajstić information content (AvgIpc) is 2.59. The molecule has 0 N–H and O–H groups in total. The molecule has 0 bridgehead atoms. The maximum absolute atomic E-state index is 2.32. The van der Waals surface area contributed by atoms with Crippen LogP contribution in [0.3, 0.4) is 0 Å². The molecule has 0 aliphatic carbocycles. The number of hydrogen-bond donors (Lipinski definition) is 0. The van der Waals surface area contributed by atoms with E-state index in [-0.39, 0.29) is 24.4 Å². The van der Waals surface area contributed by atoms with Gasteiger partial charge in [0.25, 0.3) is 0 Å². The third-order valence-electron chi connectivity index (χ3n) is 4.07. The Kier molecular flexibility index (Phi) is 6.24. The molecule has 0 saturated heterocycles. The van der Waals surface area contributed by atoms with Crippen molar-refractivity contribution in [1.29, 1.82) is 0 Å². The molecule has 0 heterocycles. The van der Waals surface area contributed by atoms with Gasteiger partial charge in [-0.25, -0.2) is 0 Å². The van der Waals surface area contributed by atoms with Gasteiger partial charge in [-0.05, 0) is 43.3 Å². The molecule has 0 atom stereocenters. The molecule has 2 radical (unpaired) electrons. The van der Waals surface area contributed by atoms with E-state index >= 15 is 0 Å². The monoisotopic (exact) mass is 412 g/mol. The maximum Gasteiger partial charge on any atom is 3.00 e. The van der Waals surface area contributed by atoms with Gasteiger partial charge in [-0.3, -0.25) is 0 Å². The van der Waals surface area contributed by atoms with E-state index in [0.29, 0.717) is 0 Å². The SMILES string of the molecule is CC[P+](c1ccccc1)(c1ccccc1)c1ccccc1.[Sb+3]. The molecule has 2 heteroatoms. The quantitative estimate of drug-likeness (QED) is 0.453. The molecule has 0 aliphatic heterocycles. The average molecular weight is 413 g/mol. The van der Waals surface area contributed by atoms with Gasteiger partial charge in [0.2, 0.25) is 0 Å². The molecule has 0 spiro atoms. The summed E-state index contributed by atoms with van der Waals surface area (Å²) in [6.07, 6.45) is 1.14. The first-order valence-corrected chi connectivity index (χ1v) is 9.40. The molecule has 0 unspecified atom stereocenters. The van der Waals surface area contributed by atoms with Crippen molar-refractivity contribution in [2.24, 2.45) is 0 Å². The molecule has 3 rings (SSSR count). The molecule has 3 aromatic carbocycles. The van der Waals surface area contributed by atoms with Gasteiger partial charge in [0.1, 0.15) is 23.2 Å². The molecule has 106 valence electrons. The van der Waals surface area contributed by atoms with Crippen LogP contribution in [0.25, 0.3) is 0 Å². The Morgan fingerprint density at radius 3 is 1.05 bits per heavy atom. The van der Waals surface area contributed by atoms with Crippen molar-refractivity contribution in [1.82, 2.24) is 0 Å². The minimum absolute atomic E-state index is 0. The van der Waals surface area contributed by atoms with Gasteiger partial charge in [-0.1, -0.05) is 54.6 Å². The van der Waals surface area contributed by atoms with Crippen molar-refractivity contribution in [2.75, 3.05) is 6.16 Å². The van der Waals surface area contributed by atoms with Gasteiger partial charge in [-0.15, -0.1) is 0 Å². The van der Waals surface area contributed by atoms with Gasteiger partial charge in [-0.2, -0.15) is 0 Å². The first-order chi connectivity index (χ1) is 10.4. The molecule has 22 heavy (non-hydrogen) atoms. The Hall–Kier alpha value is -1.09. The van der Waals surface area contributed by atoms with Crippen LogP contribution in [-0.4, -0.2) is 30.6 Å². The second-order valence-electron chi connectivity index (χ2n) is 5.13. The molecule has 0 nitrogen and oxygen atoms in total. The van der Waals surface area contributed by atoms with Gasteiger partial charge < -0.3 is 0 Å². The largest absolute Gasteiger partial charge is 3.00 e. The van der Waals surface area contributed by atoms with Crippen LogP contribution in [0, 0.1) is 0 Å². The minimum Gasteiger partial charge on any atom is -0.0620 e. The topological polar surface area (TPSA) is 0 Å². The van der Waals surface area contributed by atoms with Crippen LogP contribution in [-0.2, 0) is 0 Å². The van der Waals surface area contributed by atoms with Crippen LogP contribution in [0.1, 0.15) is 6.92 Å². The Balaban J connectivity index is 0.00000176. The molecular formula is C20H20PSb+4. The summed E-state index contributed by atoms with van der Waals surface area (Å²) in [6.45, 7) is 2.32. The zero-order valence-corrected chi connectivity index (χ0v) is 16.2. The van der Waals surface area contributed by atoms with Crippen molar-refractivity contribution in [2.45, 2.75) is 6.92 Å². The molecule has 0 saturated carbocycles. The predicted octanol–water partition coefficient (Wildman–Crippen LogP) is 3.62. The molecule has 0 amide bonds. The number of rotatable bonds is 4. The normalized spacial score (nSPS) is 10.8. The molecule has 0 aliphatic rings. The fourth-order valence-corrected chi connectivity index (χ4v) is 7.08. The van der Waals surface area contributed by atoms with E-state index in [2.05, 4.69) is 97.9 Å².